The van der Waals surface area contributed by atoms with E-state index in [1.165, 1.54) is 15.6 Å². The minimum Gasteiger partial charge on any atom is -0.274 e. The monoisotopic (exact) mass is 322 g/mol. The third kappa shape index (κ3) is 5.27. The zero-order valence-corrected chi connectivity index (χ0v) is 13.4. The number of hydrazone groups is 1. The summed E-state index contributed by atoms with van der Waals surface area (Å²) in [6, 6.07) is 10.4. The number of nitrogens with zero attached hydrogens (tertiary/aromatic N) is 3. The molecule has 1 aromatic carbocycles. The van der Waals surface area contributed by atoms with Gasteiger partial charge in [0.15, 0.2) is 0 Å². The second-order valence-corrected chi connectivity index (χ2v) is 6.91. The van der Waals surface area contributed by atoms with Crippen molar-refractivity contribution in [1.29, 1.82) is 0 Å². The Hall–Kier alpha value is -1.66. The molecule has 8 heteroatoms. The van der Waals surface area contributed by atoms with Crippen LogP contribution in [0.15, 0.2) is 47.7 Å². The Labute approximate surface area is 131 Å². The van der Waals surface area contributed by atoms with Crippen LogP contribution in [0.5, 0.6) is 0 Å². The average molecular weight is 322 g/mol. The number of benzene rings is 1. The standard InChI is InChI=1S/C14H23N6OP/c15-22(16,21)19(20-17-11-7-12-18-20)13-6-2-5-10-14-8-3-1-4-9-14/h1,3-4,7-9,11-12,17H,2,5-6,10,13H2,(H4,15,16,21). The zero-order valence-electron chi connectivity index (χ0n) is 12.5. The van der Waals surface area contributed by atoms with Crippen molar-refractivity contribution in [2.75, 3.05) is 6.54 Å². The van der Waals surface area contributed by atoms with Gasteiger partial charge in [-0.3, -0.25) is 21.0 Å². The van der Waals surface area contributed by atoms with E-state index in [0.29, 0.717) is 6.54 Å². The Morgan fingerprint density at radius 1 is 1.18 bits per heavy atom. The minimum atomic E-state index is -3.40. The van der Waals surface area contributed by atoms with Gasteiger partial charge in [-0.1, -0.05) is 36.8 Å². The normalized spacial score (nSPS) is 14.4. The summed E-state index contributed by atoms with van der Waals surface area (Å²) in [4.78, 5) is 0. The number of hydrazine groups is 2. The fraction of sp³-hybridized carbons (Fsp3) is 0.357. The second kappa shape index (κ2) is 8.10. The molecule has 0 fully saturated rings. The lowest BCUT2D eigenvalue weighted by Gasteiger charge is -2.34. The number of allylic oxidation sites excluding steroid dienone is 1. The molecular formula is C14H23N6OP. The van der Waals surface area contributed by atoms with E-state index in [-0.39, 0.29) is 0 Å². The van der Waals surface area contributed by atoms with Crippen molar-refractivity contribution in [3.05, 3.63) is 48.2 Å². The first-order valence-electron chi connectivity index (χ1n) is 7.32. The van der Waals surface area contributed by atoms with E-state index in [0.717, 1.165) is 25.7 Å². The summed E-state index contributed by atoms with van der Waals surface area (Å²) < 4.78 is 13.4. The van der Waals surface area contributed by atoms with Crippen LogP contribution in [0.4, 0.5) is 0 Å². The first kappa shape index (κ1) is 16.7. The predicted octanol–water partition coefficient (Wildman–Crippen LogP) is 1.96. The Bertz CT molecular complexity index is 556. The van der Waals surface area contributed by atoms with E-state index in [1.807, 2.05) is 18.2 Å². The molecule has 2 rings (SSSR count). The summed E-state index contributed by atoms with van der Waals surface area (Å²) in [5.74, 6) is 0. The maximum atomic E-state index is 12.0. The van der Waals surface area contributed by atoms with Gasteiger partial charge in [0, 0.05) is 12.7 Å². The lowest BCUT2D eigenvalue weighted by molar-refractivity contribution is 0.0185. The highest BCUT2D eigenvalue weighted by atomic mass is 31.2. The number of aryl methyl sites for hydroxylation is 1. The summed E-state index contributed by atoms with van der Waals surface area (Å²) in [6.07, 6.45) is 8.91. The maximum absolute atomic E-state index is 12.0. The summed E-state index contributed by atoms with van der Waals surface area (Å²) in [5, 5.41) is 5.38. The summed E-state index contributed by atoms with van der Waals surface area (Å²) in [6.45, 7) is 0.483. The number of hydrogen-bond acceptors (Lipinski definition) is 4. The fourth-order valence-electron chi connectivity index (χ4n) is 2.20. The van der Waals surface area contributed by atoms with E-state index in [1.54, 1.807) is 18.5 Å². The highest BCUT2D eigenvalue weighted by Gasteiger charge is 2.27. The Kier molecular flexibility index (Phi) is 6.15. The van der Waals surface area contributed by atoms with Crippen LogP contribution in [0.3, 0.4) is 0 Å². The number of rotatable bonds is 8. The van der Waals surface area contributed by atoms with Crippen LogP contribution in [-0.2, 0) is 11.0 Å². The van der Waals surface area contributed by atoms with Gasteiger partial charge < -0.3 is 0 Å². The van der Waals surface area contributed by atoms with E-state index in [9.17, 15) is 4.57 Å². The van der Waals surface area contributed by atoms with Gasteiger partial charge in [0.1, 0.15) is 0 Å². The van der Waals surface area contributed by atoms with Crippen LogP contribution in [0, 0.1) is 0 Å². The molecule has 0 unspecified atom stereocenters. The molecule has 0 amide bonds. The molecule has 22 heavy (non-hydrogen) atoms. The molecule has 1 aromatic rings. The molecule has 0 saturated heterocycles. The van der Waals surface area contributed by atoms with Crippen molar-refractivity contribution < 1.29 is 4.57 Å². The molecule has 0 bridgehead atoms. The Balaban J connectivity index is 1.76. The van der Waals surface area contributed by atoms with Crippen LogP contribution >= 0.6 is 7.59 Å². The van der Waals surface area contributed by atoms with Gasteiger partial charge in [0.2, 0.25) is 0 Å². The zero-order chi connectivity index (χ0) is 15.8. The Morgan fingerprint density at radius 2 is 1.95 bits per heavy atom. The van der Waals surface area contributed by atoms with Gasteiger partial charge in [-0.15, -0.1) is 15.1 Å². The molecule has 5 N–H and O–H groups in total. The first-order chi connectivity index (χ1) is 10.6. The molecule has 7 nitrogen and oxygen atoms in total. The molecule has 0 aromatic heterocycles. The van der Waals surface area contributed by atoms with Crippen LogP contribution in [0.25, 0.3) is 0 Å². The van der Waals surface area contributed by atoms with Gasteiger partial charge in [-0.2, -0.15) is 0 Å². The van der Waals surface area contributed by atoms with Crippen molar-refractivity contribution in [3.63, 3.8) is 0 Å². The van der Waals surface area contributed by atoms with Crippen molar-refractivity contribution in [1.82, 2.24) is 15.4 Å². The van der Waals surface area contributed by atoms with Crippen molar-refractivity contribution in [2.45, 2.75) is 25.7 Å². The lowest BCUT2D eigenvalue weighted by atomic mass is 10.1. The SMILES string of the molecule is NP(N)(=O)N(CCCCCc1ccccc1)N1N=CC=CN1. The average Bonchev–Trinajstić information content (AvgIpc) is 2.51. The van der Waals surface area contributed by atoms with E-state index in [2.05, 4.69) is 22.7 Å². The highest BCUT2D eigenvalue weighted by Crippen LogP contribution is 2.33. The van der Waals surface area contributed by atoms with E-state index in [4.69, 9.17) is 11.0 Å². The second-order valence-electron chi connectivity index (χ2n) is 5.11. The third-order valence-corrected chi connectivity index (χ3v) is 4.39. The first-order valence-corrected chi connectivity index (χ1v) is 9.11. The Morgan fingerprint density at radius 3 is 2.59 bits per heavy atom. The topological polar surface area (TPSA) is 100.0 Å². The molecule has 0 saturated carbocycles. The van der Waals surface area contributed by atoms with Crippen molar-refractivity contribution >= 4 is 13.8 Å². The minimum absolute atomic E-state index is 0.483. The number of unbranched alkanes of at least 4 members (excludes halogenated alkanes) is 2. The molecule has 1 aliphatic rings. The molecule has 0 spiro atoms. The van der Waals surface area contributed by atoms with Gasteiger partial charge in [-0.05, 0) is 30.9 Å². The van der Waals surface area contributed by atoms with Gasteiger partial charge in [0.05, 0.1) is 6.21 Å². The van der Waals surface area contributed by atoms with Crippen molar-refractivity contribution in [3.8, 4) is 0 Å². The largest absolute Gasteiger partial charge is 0.296 e. The summed E-state index contributed by atoms with van der Waals surface area (Å²) >= 11 is 0. The predicted molar refractivity (Wildman–Crippen MR) is 89.3 cm³/mol. The molecular weight excluding hydrogens is 299 g/mol. The van der Waals surface area contributed by atoms with Gasteiger partial charge in [-0.25, -0.2) is 0 Å². The van der Waals surface area contributed by atoms with Crippen LogP contribution in [0.1, 0.15) is 24.8 Å². The number of nitrogens with one attached hydrogen (secondary N) is 1. The highest BCUT2D eigenvalue weighted by molar-refractivity contribution is 7.56. The van der Waals surface area contributed by atoms with Crippen LogP contribution in [0.2, 0.25) is 0 Å². The smallest absolute Gasteiger partial charge is 0.274 e. The third-order valence-electron chi connectivity index (χ3n) is 3.29. The van der Waals surface area contributed by atoms with Gasteiger partial charge in [0.25, 0.3) is 7.59 Å². The van der Waals surface area contributed by atoms with E-state index >= 15 is 0 Å². The molecule has 0 aliphatic carbocycles. The summed E-state index contributed by atoms with van der Waals surface area (Å²) in [5.41, 5.74) is 15.4. The molecule has 1 heterocycles. The number of hydrogen-bond donors (Lipinski definition) is 3. The van der Waals surface area contributed by atoms with Crippen LogP contribution < -0.4 is 16.4 Å². The van der Waals surface area contributed by atoms with Gasteiger partial charge >= 0.3 is 0 Å². The van der Waals surface area contributed by atoms with E-state index < -0.39 is 7.59 Å². The summed E-state index contributed by atoms with van der Waals surface area (Å²) in [7, 11) is -3.40. The molecule has 1 aliphatic heterocycles. The quantitative estimate of drug-likeness (QED) is 0.500. The van der Waals surface area contributed by atoms with Crippen LogP contribution in [-0.4, -0.2) is 22.8 Å². The maximum Gasteiger partial charge on any atom is 0.296 e. The molecule has 120 valence electrons. The number of nitrogens with two attached hydrogens (primary N) is 2. The fourth-order valence-corrected chi connectivity index (χ4v) is 3.02. The molecule has 0 radical (unpaired) electrons. The lowest BCUT2D eigenvalue weighted by Crippen LogP contribution is -2.47. The van der Waals surface area contributed by atoms with Crippen molar-refractivity contribution in [2.24, 2.45) is 16.1 Å². The molecule has 0 atom stereocenters.